The van der Waals surface area contributed by atoms with Crippen LogP contribution in [0.1, 0.15) is 17.3 Å². The Bertz CT molecular complexity index is 673. The van der Waals surface area contributed by atoms with E-state index in [9.17, 15) is 14.4 Å². The Morgan fingerprint density at radius 3 is 1.45 bits per heavy atom. The second-order valence-corrected chi connectivity index (χ2v) is 6.20. The van der Waals surface area contributed by atoms with Gasteiger partial charge >= 0.3 is 11.9 Å². The summed E-state index contributed by atoms with van der Waals surface area (Å²) in [4.78, 5) is 34.5. The molecular weight excluding hydrogens is 408 g/mol. The molecule has 9 heteroatoms. The lowest BCUT2D eigenvalue weighted by atomic mass is 10.1. The molecule has 1 aromatic rings. The van der Waals surface area contributed by atoms with Crippen LogP contribution in [-0.2, 0) is 38.0 Å². The van der Waals surface area contributed by atoms with Crippen molar-refractivity contribution in [2.75, 3.05) is 66.1 Å². The summed E-state index contributed by atoms with van der Waals surface area (Å²) in [5.74, 6) is -2.01. The van der Waals surface area contributed by atoms with E-state index in [0.717, 1.165) is 0 Å². The largest absolute Gasteiger partial charge is 0.460 e. The SMILES string of the molecule is C=C(C)C(=O)OCCOCCOCCOCCOCCOC(=O)C(=O)c1ccccc1. The summed E-state index contributed by atoms with van der Waals surface area (Å²) in [5, 5.41) is 0. The highest BCUT2D eigenvalue weighted by molar-refractivity contribution is 6.40. The number of carbonyl (C=O) groups excluding carboxylic acids is 3. The van der Waals surface area contributed by atoms with Crippen LogP contribution in [0, 0.1) is 0 Å². The highest BCUT2D eigenvalue weighted by Crippen LogP contribution is 2.01. The van der Waals surface area contributed by atoms with Crippen molar-refractivity contribution in [2.24, 2.45) is 0 Å². The number of ketones is 1. The Morgan fingerprint density at radius 2 is 1.03 bits per heavy atom. The maximum Gasteiger partial charge on any atom is 0.379 e. The van der Waals surface area contributed by atoms with Crippen LogP contribution >= 0.6 is 0 Å². The molecule has 9 nitrogen and oxygen atoms in total. The van der Waals surface area contributed by atoms with Gasteiger partial charge in [0.15, 0.2) is 0 Å². The molecule has 0 fully saturated rings. The molecule has 0 saturated heterocycles. The van der Waals surface area contributed by atoms with E-state index < -0.39 is 17.7 Å². The van der Waals surface area contributed by atoms with Crippen LogP contribution in [0.15, 0.2) is 42.5 Å². The van der Waals surface area contributed by atoms with Gasteiger partial charge in [0, 0.05) is 11.1 Å². The minimum atomic E-state index is -0.903. The van der Waals surface area contributed by atoms with E-state index in [-0.39, 0.29) is 19.8 Å². The Morgan fingerprint density at radius 1 is 0.645 bits per heavy atom. The van der Waals surface area contributed by atoms with Gasteiger partial charge < -0.3 is 28.4 Å². The molecule has 0 unspecified atom stereocenters. The summed E-state index contributed by atoms with van der Waals surface area (Å²) in [6, 6.07) is 8.22. The molecule has 0 aromatic heterocycles. The molecule has 0 spiro atoms. The van der Waals surface area contributed by atoms with Gasteiger partial charge in [-0.05, 0) is 6.92 Å². The van der Waals surface area contributed by atoms with Gasteiger partial charge in [0.2, 0.25) is 0 Å². The predicted octanol–water partition coefficient (Wildman–Crippen LogP) is 1.60. The third kappa shape index (κ3) is 13.3. The summed E-state index contributed by atoms with van der Waals surface area (Å²) in [6.07, 6.45) is 0. The molecule has 0 aliphatic rings. The number of rotatable bonds is 18. The Labute approximate surface area is 182 Å². The quantitative estimate of drug-likeness (QED) is 0.111. The number of ether oxygens (including phenoxy) is 6. The van der Waals surface area contributed by atoms with E-state index in [1.165, 1.54) is 0 Å². The predicted molar refractivity (Wildman–Crippen MR) is 111 cm³/mol. The van der Waals surface area contributed by atoms with Crippen molar-refractivity contribution in [3.8, 4) is 0 Å². The van der Waals surface area contributed by atoms with Gasteiger partial charge in [-0.3, -0.25) is 4.79 Å². The van der Waals surface area contributed by atoms with E-state index >= 15 is 0 Å². The zero-order chi connectivity index (χ0) is 22.7. The monoisotopic (exact) mass is 438 g/mol. The number of benzene rings is 1. The highest BCUT2D eigenvalue weighted by atomic mass is 16.6. The lowest BCUT2D eigenvalue weighted by molar-refractivity contribution is -0.141. The maximum absolute atomic E-state index is 11.8. The lowest BCUT2D eigenvalue weighted by Gasteiger charge is -2.08. The molecule has 1 rings (SSSR count). The van der Waals surface area contributed by atoms with Crippen molar-refractivity contribution in [3.63, 3.8) is 0 Å². The van der Waals surface area contributed by atoms with Crippen LogP contribution in [0.5, 0.6) is 0 Å². The minimum Gasteiger partial charge on any atom is -0.460 e. The van der Waals surface area contributed by atoms with Gasteiger partial charge in [-0.15, -0.1) is 0 Å². The van der Waals surface area contributed by atoms with Crippen molar-refractivity contribution in [1.29, 1.82) is 0 Å². The zero-order valence-corrected chi connectivity index (χ0v) is 17.8. The fraction of sp³-hybridized carbons (Fsp3) is 0.500. The smallest absolute Gasteiger partial charge is 0.379 e. The highest BCUT2D eigenvalue weighted by Gasteiger charge is 2.16. The summed E-state index contributed by atoms with van der Waals surface area (Å²) >= 11 is 0. The molecule has 0 amide bonds. The summed E-state index contributed by atoms with van der Waals surface area (Å²) < 4.78 is 30.9. The molecule has 0 atom stereocenters. The van der Waals surface area contributed by atoms with Crippen molar-refractivity contribution in [1.82, 2.24) is 0 Å². The standard InChI is InChI=1S/C22H30O9/c1-18(2)21(24)30-16-14-28-12-10-26-8-9-27-11-13-29-15-17-31-22(25)20(23)19-6-4-3-5-7-19/h3-7H,1,8-17H2,2H3. The first-order valence-electron chi connectivity index (χ1n) is 9.92. The molecular formula is C22H30O9. The van der Waals surface area contributed by atoms with Crippen LogP contribution in [0.4, 0.5) is 0 Å². The van der Waals surface area contributed by atoms with E-state index in [1.807, 2.05) is 0 Å². The molecule has 31 heavy (non-hydrogen) atoms. The molecule has 0 aliphatic carbocycles. The minimum absolute atomic E-state index is 0.00703. The van der Waals surface area contributed by atoms with Gasteiger partial charge in [0.05, 0.1) is 52.9 Å². The van der Waals surface area contributed by atoms with Gasteiger partial charge in [-0.2, -0.15) is 0 Å². The normalized spacial score (nSPS) is 10.5. The van der Waals surface area contributed by atoms with Crippen molar-refractivity contribution in [3.05, 3.63) is 48.0 Å². The lowest BCUT2D eigenvalue weighted by Crippen LogP contribution is -2.20. The molecule has 0 N–H and O–H groups in total. The second kappa shape index (κ2) is 17.1. The molecule has 172 valence electrons. The van der Waals surface area contributed by atoms with Crippen LogP contribution < -0.4 is 0 Å². The van der Waals surface area contributed by atoms with Crippen LogP contribution in [-0.4, -0.2) is 83.8 Å². The number of esters is 2. The molecule has 1 aromatic carbocycles. The second-order valence-electron chi connectivity index (χ2n) is 6.20. The van der Waals surface area contributed by atoms with E-state index in [2.05, 4.69) is 6.58 Å². The topological polar surface area (TPSA) is 107 Å². The van der Waals surface area contributed by atoms with E-state index in [4.69, 9.17) is 28.4 Å². The number of hydrogen-bond acceptors (Lipinski definition) is 9. The van der Waals surface area contributed by atoms with Gasteiger partial charge in [-0.1, -0.05) is 36.9 Å². The third-order valence-corrected chi connectivity index (χ3v) is 3.61. The first-order valence-corrected chi connectivity index (χ1v) is 9.92. The van der Waals surface area contributed by atoms with Crippen LogP contribution in [0.25, 0.3) is 0 Å². The average molecular weight is 438 g/mol. The number of hydrogen-bond donors (Lipinski definition) is 0. The Kier molecular flexibility index (Phi) is 14.6. The number of Topliss-reactive ketones (excluding diaryl/α,β-unsaturated/α-hetero) is 1. The van der Waals surface area contributed by atoms with Gasteiger partial charge in [0.1, 0.15) is 13.2 Å². The molecule has 0 saturated carbocycles. The van der Waals surface area contributed by atoms with E-state index in [1.54, 1.807) is 37.3 Å². The van der Waals surface area contributed by atoms with Crippen molar-refractivity contribution >= 4 is 17.7 Å². The van der Waals surface area contributed by atoms with Crippen molar-refractivity contribution in [2.45, 2.75) is 6.92 Å². The molecule has 0 radical (unpaired) electrons. The fourth-order valence-electron chi connectivity index (χ4n) is 2.04. The fourth-order valence-corrected chi connectivity index (χ4v) is 2.04. The summed E-state index contributed by atoms with van der Waals surface area (Å²) in [5.41, 5.74) is 0.646. The maximum atomic E-state index is 11.8. The van der Waals surface area contributed by atoms with Crippen molar-refractivity contribution < 1.29 is 42.8 Å². The Balaban J connectivity index is 1.83. The van der Waals surface area contributed by atoms with Crippen LogP contribution in [0.3, 0.4) is 0 Å². The third-order valence-electron chi connectivity index (χ3n) is 3.61. The zero-order valence-electron chi connectivity index (χ0n) is 17.8. The first-order chi connectivity index (χ1) is 15.0. The van der Waals surface area contributed by atoms with Gasteiger partial charge in [0.25, 0.3) is 5.78 Å². The summed E-state index contributed by atoms with van der Waals surface area (Å²) in [7, 11) is 0. The molecule has 0 heterocycles. The van der Waals surface area contributed by atoms with Crippen LogP contribution in [0.2, 0.25) is 0 Å². The van der Waals surface area contributed by atoms with E-state index in [0.29, 0.717) is 57.4 Å². The average Bonchev–Trinajstić information content (AvgIpc) is 2.78. The molecule has 0 aliphatic heterocycles. The molecule has 0 bridgehead atoms. The van der Waals surface area contributed by atoms with Gasteiger partial charge in [-0.25, -0.2) is 9.59 Å². The number of carbonyl (C=O) groups is 3. The summed E-state index contributed by atoms with van der Waals surface area (Å²) in [6.45, 7) is 8.01. The Hall–Kier alpha value is -2.59. The first kappa shape index (κ1) is 26.4.